The number of rotatable bonds is 3. The number of nitrogens with two attached hydrogens (primary N) is 1. The lowest BCUT2D eigenvalue weighted by Crippen LogP contribution is -2.30. The van der Waals surface area contributed by atoms with Crippen LogP contribution in [0.2, 0.25) is 0 Å². The molecule has 0 radical (unpaired) electrons. The summed E-state index contributed by atoms with van der Waals surface area (Å²) in [6.45, 7) is 5.10. The molecule has 0 aromatic heterocycles. The SMILES string of the molecule is CC1CN(c2cc(F)cc(CCN)c2)CCCO1. The molecule has 1 aliphatic heterocycles. The van der Waals surface area contributed by atoms with E-state index >= 15 is 0 Å². The molecule has 1 saturated heterocycles. The number of hydrogen-bond acceptors (Lipinski definition) is 3. The Kier molecular flexibility index (Phi) is 4.55. The molecule has 4 heteroatoms. The zero-order valence-electron chi connectivity index (χ0n) is 10.9. The Morgan fingerprint density at radius 2 is 2.28 bits per heavy atom. The van der Waals surface area contributed by atoms with Gasteiger partial charge in [-0.1, -0.05) is 0 Å². The van der Waals surface area contributed by atoms with Crippen LogP contribution in [0.15, 0.2) is 18.2 Å². The van der Waals surface area contributed by atoms with Crippen molar-refractivity contribution < 1.29 is 9.13 Å². The summed E-state index contributed by atoms with van der Waals surface area (Å²) in [7, 11) is 0. The van der Waals surface area contributed by atoms with Gasteiger partial charge in [-0.15, -0.1) is 0 Å². The van der Waals surface area contributed by atoms with Gasteiger partial charge in [0.05, 0.1) is 6.10 Å². The first-order valence-corrected chi connectivity index (χ1v) is 6.55. The van der Waals surface area contributed by atoms with Gasteiger partial charge in [-0.25, -0.2) is 4.39 Å². The van der Waals surface area contributed by atoms with Gasteiger partial charge in [-0.2, -0.15) is 0 Å². The largest absolute Gasteiger partial charge is 0.377 e. The average molecular weight is 252 g/mol. The molecular weight excluding hydrogens is 231 g/mol. The molecule has 0 amide bonds. The van der Waals surface area contributed by atoms with E-state index in [0.717, 1.165) is 37.4 Å². The lowest BCUT2D eigenvalue weighted by atomic mass is 10.1. The van der Waals surface area contributed by atoms with Gasteiger partial charge in [0.15, 0.2) is 0 Å². The first kappa shape index (κ1) is 13.3. The van der Waals surface area contributed by atoms with Crippen LogP contribution in [0, 0.1) is 5.82 Å². The van der Waals surface area contributed by atoms with Crippen molar-refractivity contribution in [2.24, 2.45) is 5.73 Å². The van der Waals surface area contributed by atoms with Crippen LogP contribution in [0.4, 0.5) is 10.1 Å². The average Bonchev–Trinajstić information content (AvgIpc) is 2.53. The van der Waals surface area contributed by atoms with Crippen LogP contribution in [0.3, 0.4) is 0 Å². The molecule has 2 rings (SSSR count). The molecule has 1 heterocycles. The molecule has 3 nitrogen and oxygen atoms in total. The normalized spacial score (nSPS) is 20.8. The van der Waals surface area contributed by atoms with Gasteiger partial charge in [0.2, 0.25) is 0 Å². The highest BCUT2D eigenvalue weighted by Gasteiger charge is 2.16. The van der Waals surface area contributed by atoms with E-state index < -0.39 is 0 Å². The van der Waals surface area contributed by atoms with Crippen molar-refractivity contribution in [3.63, 3.8) is 0 Å². The first-order chi connectivity index (χ1) is 8.69. The second-order valence-electron chi connectivity index (χ2n) is 4.84. The quantitative estimate of drug-likeness (QED) is 0.893. The Morgan fingerprint density at radius 3 is 3.06 bits per heavy atom. The van der Waals surface area contributed by atoms with Gasteiger partial charge in [-0.3, -0.25) is 0 Å². The van der Waals surface area contributed by atoms with Crippen LogP contribution in [-0.4, -0.2) is 32.3 Å². The number of halogens is 1. The standard InChI is InChI=1S/C14H21FN2O/c1-11-10-17(5-2-6-18-11)14-8-12(3-4-16)7-13(15)9-14/h7-9,11H,2-6,10,16H2,1H3. The van der Waals surface area contributed by atoms with Gasteiger partial charge < -0.3 is 15.4 Å². The number of nitrogens with zero attached hydrogens (tertiary/aromatic N) is 1. The van der Waals surface area contributed by atoms with E-state index in [1.807, 2.05) is 6.07 Å². The lowest BCUT2D eigenvalue weighted by molar-refractivity contribution is 0.0821. The van der Waals surface area contributed by atoms with E-state index in [2.05, 4.69) is 11.8 Å². The predicted octanol–water partition coefficient (Wildman–Crippen LogP) is 1.94. The van der Waals surface area contributed by atoms with Crippen molar-refractivity contribution in [2.45, 2.75) is 25.9 Å². The number of ether oxygens (including phenoxy) is 1. The minimum Gasteiger partial charge on any atom is -0.377 e. The zero-order chi connectivity index (χ0) is 13.0. The lowest BCUT2D eigenvalue weighted by Gasteiger charge is -2.25. The summed E-state index contributed by atoms with van der Waals surface area (Å²) >= 11 is 0. The molecule has 0 spiro atoms. The van der Waals surface area contributed by atoms with Gasteiger partial charge in [0.25, 0.3) is 0 Å². The fraction of sp³-hybridized carbons (Fsp3) is 0.571. The van der Waals surface area contributed by atoms with Crippen LogP contribution in [0.1, 0.15) is 18.9 Å². The maximum Gasteiger partial charge on any atom is 0.125 e. The van der Waals surface area contributed by atoms with Gasteiger partial charge in [-0.05, 0) is 50.1 Å². The summed E-state index contributed by atoms with van der Waals surface area (Å²) in [6.07, 6.45) is 1.88. The Hall–Kier alpha value is -1.13. The van der Waals surface area contributed by atoms with Crippen molar-refractivity contribution >= 4 is 5.69 Å². The molecular formula is C14H21FN2O. The molecule has 1 aliphatic rings. The van der Waals surface area contributed by atoms with Crippen LogP contribution in [-0.2, 0) is 11.2 Å². The highest BCUT2D eigenvalue weighted by Crippen LogP contribution is 2.21. The summed E-state index contributed by atoms with van der Waals surface area (Å²) in [5, 5.41) is 0. The van der Waals surface area contributed by atoms with Gasteiger partial charge in [0, 0.05) is 25.4 Å². The van der Waals surface area contributed by atoms with Crippen molar-refractivity contribution in [1.82, 2.24) is 0 Å². The molecule has 0 aliphatic carbocycles. The molecule has 18 heavy (non-hydrogen) atoms. The number of hydrogen-bond donors (Lipinski definition) is 1. The smallest absolute Gasteiger partial charge is 0.125 e. The van der Waals surface area contributed by atoms with E-state index in [9.17, 15) is 4.39 Å². The molecule has 0 bridgehead atoms. The molecule has 2 N–H and O–H groups in total. The number of anilines is 1. The van der Waals surface area contributed by atoms with E-state index in [0.29, 0.717) is 13.0 Å². The topological polar surface area (TPSA) is 38.5 Å². The number of benzene rings is 1. The van der Waals surface area contributed by atoms with Gasteiger partial charge >= 0.3 is 0 Å². The third-order valence-corrected chi connectivity index (χ3v) is 3.19. The maximum atomic E-state index is 13.6. The summed E-state index contributed by atoms with van der Waals surface area (Å²) in [4.78, 5) is 2.20. The van der Waals surface area contributed by atoms with Crippen LogP contribution in [0.5, 0.6) is 0 Å². The molecule has 1 atom stereocenters. The Balaban J connectivity index is 2.19. The summed E-state index contributed by atoms with van der Waals surface area (Å²) in [6, 6.07) is 5.19. The first-order valence-electron chi connectivity index (χ1n) is 6.55. The third-order valence-electron chi connectivity index (χ3n) is 3.19. The molecule has 100 valence electrons. The van der Waals surface area contributed by atoms with E-state index in [1.165, 1.54) is 0 Å². The maximum absolute atomic E-state index is 13.6. The Labute approximate surface area is 108 Å². The predicted molar refractivity (Wildman–Crippen MR) is 71.4 cm³/mol. The van der Waals surface area contributed by atoms with E-state index in [4.69, 9.17) is 10.5 Å². The fourth-order valence-corrected chi connectivity index (χ4v) is 2.36. The van der Waals surface area contributed by atoms with Crippen molar-refractivity contribution in [3.05, 3.63) is 29.6 Å². The van der Waals surface area contributed by atoms with Crippen molar-refractivity contribution in [1.29, 1.82) is 0 Å². The highest BCUT2D eigenvalue weighted by atomic mass is 19.1. The molecule has 0 saturated carbocycles. The van der Waals surface area contributed by atoms with Crippen LogP contribution >= 0.6 is 0 Å². The summed E-state index contributed by atoms with van der Waals surface area (Å²) in [5.74, 6) is -0.186. The van der Waals surface area contributed by atoms with E-state index in [-0.39, 0.29) is 11.9 Å². The van der Waals surface area contributed by atoms with Crippen LogP contribution in [0.25, 0.3) is 0 Å². The Morgan fingerprint density at radius 1 is 1.44 bits per heavy atom. The fourth-order valence-electron chi connectivity index (χ4n) is 2.36. The minimum atomic E-state index is -0.186. The second kappa shape index (κ2) is 6.16. The zero-order valence-corrected chi connectivity index (χ0v) is 10.9. The summed E-state index contributed by atoms with van der Waals surface area (Å²) in [5.41, 5.74) is 7.43. The van der Waals surface area contributed by atoms with Crippen LogP contribution < -0.4 is 10.6 Å². The van der Waals surface area contributed by atoms with Crippen molar-refractivity contribution in [3.8, 4) is 0 Å². The molecule has 1 fully saturated rings. The highest BCUT2D eigenvalue weighted by molar-refractivity contribution is 5.49. The van der Waals surface area contributed by atoms with Gasteiger partial charge in [0.1, 0.15) is 5.82 Å². The monoisotopic (exact) mass is 252 g/mol. The van der Waals surface area contributed by atoms with E-state index in [1.54, 1.807) is 12.1 Å². The van der Waals surface area contributed by atoms with Crippen molar-refractivity contribution in [2.75, 3.05) is 31.1 Å². The Bertz CT molecular complexity index is 397. The summed E-state index contributed by atoms with van der Waals surface area (Å²) < 4.78 is 19.2. The third kappa shape index (κ3) is 3.43. The molecule has 1 unspecified atom stereocenters. The second-order valence-corrected chi connectivity index (χ2v) is 4.84. The minimum absolute atomic E-state index is 0.186. The molecule has 1 aromatic rings. The molecule has 1 aromatic carbocycles.